The second kappa shape index (κ2) is 7.14. The minimum absolute atomic E-state index is 0.230. The fourth-order valence-corrected chi connectivity index (χ4v) is 3.41. The summed E-state index contributed by atoms with van der Waals surface area (Å²) in [5, 5.41) is 9.16. The number of nitrogens with zero attached hydrogens (tertiary/aromatic N) is 2. The van der Waals surface area contributed by atoms with E-state index in [1.165, 1.54) is 19.3 Å². The van der Waals surface area contributed by atoms with Crippen molar-refractivity contribution in [3.8, 4) is 0 Å². The van der Waals surface area contributed by atoms with Crippen molar-refractivity contribution in [2.75, 3.05) is 6.54 Å². The van der Waals surface area contributed by atoms with Gasteiger partial charge >= 0.3 is 0 Å². The summed E-state index contributed by atoms with van der Waals surface area (Å²) in [4.78, 5) is 12.1. The molecule has 1 amide bonds. The van der Waals surface area contributed by atoms with Crippen LogP contribution in [0.4, 0.5) is 0 Å². The van der Waals surface area contributed by atoms with Crippen LogP contribution >= 0.6 is 11.6 Å². The summed E-state index contributed by atoms with van der Waals surface area (Å²) in [5.41, 5.74) is 1.05. The number of benzene rings is 1. The van der Waals surface area contributed by atoms with Crippen LogP contribution < -0.4 is 5.32 Å². The van der Waals surface area contributed by atoms with E-state index < -0.39 is 0 Å². The van der Waals surface area contributed by atoms with Gasteiger partial charge in [-0.2, -0.15) is 5.10 Å². The second-order valence-corrected chi connectivity index (χ2v) is 6.43. The van der Waals surface area contributed by atoms with Gasteiger partial charge in [0.1, 0.15) is 0 Å². The van der Waals surface area contributed by atoms with E-state index in [0.717, 1.165) is 41.7 Å². The normalized spacial score (nSPS) is 16.0. The predicted octanol–water partition coefficient (Wildman–Crippen LogP) is 3.78. The summed E-state index contributed by atoms with van der Waals surface area (Å²) < 4.78 is 1.95. The van der Waals surface area contributed by atoms with Gasteiger partial charge in [0.15, 0.2) is 0 Å². The number of carbonyl (C=O) groups excluding carboxylic acids is 1. The average molecular weight is 320 g/mol. The lowest BCUT2D eigenvalue weighted by atomic mass is 9.89. The Bertz CT molecular complexity index is 646. The van der Waals surface area contributed by atoms with Crippen molar-refractivity contribution in [1.82, 2.24) is 15.1 Å². The average Bonchev–Trinajstić information content (AvgIpc) is 2.97. The van der Waals surface area contributed by atoms with E-state index in [4.69, 9.17) is 11.6 Å². The summed E-state index contributed by atoms with van der Waals surface area (Å²) in [6, 6.07) is 5.84. The smallest absolute Gasteiger partial charge is 0.223 e. The molecular weight excluding hydrogens is 298 g/mol. The summed E-state index contributed by atoms with van der Waals surface area (Å²) in [6.07, 6.45) is 8.44. The van der Waals surface area contributed by atoms with Crippen LogP contribution in [0.25, 0.3) is 10.9 Å². The van der Waals surface area contributed by atoms with Gasteiger partial charge in [0, 0.05) is 24.4 Å². The van der Waals surface area contributed by atoms with E-state index >= 15 is 0 Å². The summed E-state index contributed by atoms with van der Waals surface area (Å²) in [5.74, 6) is 0.464. The number of rotatable bonds is 5. The minimum Gasteiger partial charge on any atom is -0.356 e. The van der Waals surface area contributed by atoms with Crippen molar-refractivity contribution < 1.29 is 4.79 Å². The molecular formula is C17H22ClN3O. The molecule has 118 valence electrons. The number of nitrogens with one attached hydrogen (secondary N) is 1. The van der Waals surface area contributed by atoms with Crippen molar-refractivity contribution in [3.05, 3.63) is 29.4 Å². The highest BCUT2D eigenvalue weighted by Crippen LogP contribution is 2.24. The molecule has 1 saturated carbocycles. The zero-order valence-corrected chi connectivity index (χ0v) is 13.5. The molecule has 0 atom stereocenters. The monoisotopic (exact) mass is 319 g/mol. The Hall–Kier alpha value is -1.55. The maximum Gasteiger partial charge on any atom is 0.223 e. The SMILES string of the molecule is O=C(NCCCn1ncc2c(Cl)cccc21)C1CCCCC1. The molecule has 0 aliphatic heterocycles. The fourth-order valence-electron chi connectivity index (χ4n) is 3.20. The maximum atomic E-state index is 12.1. The molecule has 1 aromatic heterocycles. The number of carbonyl (C=O) groups is 1. The molecule has 5 heteroatoms. The van der Waals surface area contributed by atoms with Gasteiger partial charge in [0.05, 0.1) is 16.7 Å². The van der Waals surface area contributed by atoms with Gasteiger partial charge in [0.25, 0.3) is 0 Å². The highest BCUT2D eigenvalue weighted by Gasteiger charge is 2.20. The number of halogens is 1. The number of hydrogen-bond donors (Lipinski definition) is 1. The zero-order valence-electron chi connectivity index (χ0n) is 12.7. The Balaban J connectivity index is 1.48. The lowest BCUT2D eigenvalue weighted by Crippen LogP contribution is -2.32. The fraction of sp³-hybridized carbons (Fsp3) is 0.529. The molecule has 1 fully saturated rings. The summed E-state index contributed by atoms with van der Waals surface area (Å²) in [7, 11) is 0. The Morgan fingerprint density at radius 3 is 2.95 bits per heavy atom. The van der Waals surface area contributed by atoms with E-state index in [1.54, 1.807) is 6.20 Å². The van der Waals surface area contributed by atoms with Gasteiger partial charge < -0.3 is 5.32 Å². The molecule has 1 N–H and O–H groups in total. The predicted molar refractivity (Wildman–Crippen MR) is 88.9 cm³/mol. The van der Waals surface area contributed by atoms with Crippen LogP contribution in [0.3, 0.4) is 0 Å². The van der Waals surface area contributed by atoms with E-state index in [-0.39, 0.29) is 11.8 Å². The number of fused-ring (bicyclic) bond motifs is 1. The molecule has 0 saturated heterocycles. The van der Waals surface area contributed by atoms with Crippen LogP contribution in [0.1, 0.15) is 38.5 Å². The topological polar surface area (TPSA) is 46.9 Å². The molecule has 1 heterocycles. The third-order valence-corrected chi connectivity index (χ3v) is 4.79. The van der Waals surface area contributed by atoms with Crippen LogP contribution in [0.2, 0.25) is 5.02 Å². The number of amides is 1. The van der Waals surface area contributed by atoms with Gasteiger partial charge in [0.2, 0.25) is 5.91 Å². The van der Waals surface area contributed by atoms with Crippen LogP contribution in [0.5, 0.6) is 0 Å². The van der Waals surface area contributed by atoms with Crippen molar-refractivity contribution >= 4 is 28.4 Å². The molecule has 4 nitrogen and oxygen atoms in total. The highest BCUT2D eigenvalue weighted by atomic mass is 35.5. The molecule has 1 aliphatic rings. The van der Waals surface area contributed by atoms with E-state index in [9.17, 15) is 4.79 Å². The number of aromatic nitrogens is 2. The minimum atomic E-state index is 0.230. The van der Waals surface area contributed by atoms with Gasteiger partial charge in [-0.3, -0.25) is 9.48 Å². The molecule has 1 aromatic carbocycles. The molecule has 0 bridgehead atoms. The van der Waals surface area contributed by atoms with Crippen molar-refractivity contribution in [1.29, 1.82) is 0 Å². The molecule has 0 spiro atoms. The Morgan fingerprint density at radius 1 is 1.32 bits per heavy atom. The highest BCUT2D eigenvalue weighted by molar-refractivity contribution is 6.35. The molecule has 0 unspecified atom stereocenters. The first-order valence-corrected chi connectivity index (χ1v) is 8.51. The first-order chi connectivity index (χ1) is 10.8. The quantitative estimate of drug-likeness (QED) is 0.853. The second-order valence-electron chi connectivity index (χ2n) is 6.02. The number of hydrogen-bond acceptors (Lipinski definition) is 2. The largest absolute Gasteiger partial charge is 0.356 e. The molecule has 3 rings (SSSR count). The van der Waals surface area contributed by atoms with E-state index in [0.29, 0.717) is 6.54 Å². The van der Waals surface area contributed by atoms with Gasteiger partial charge in [-0.1, -0.05) is 36.9 Å². The lowest BCUT2D eigenvalue weighted by Gasteiger charge is -2.20. The maximum absolute atomic E-state index is 12.1. The lowest BCUT2D eigenvalue weighted by molar-refractivity contribution is -0.125. The third kappa shape index (κ3) is 3.43. The molecule has 0 radical (unpaired) electrons. The summed E-state index contributed by atoms with van der Waals surface area (Å²) >= 11 is 6.15. The van der Waals surface area contributed by atoms with Crippen molar-refractivity contribution in [2.24, 2.45) is 5.92 Å². The summed E-state index contributed by atoms with van der Waals surface area (Å²) in [6.45, 7) is 1.49. The molecule has 22 heavy (non-hydrogen) atoms. The number of aryl methyl sites for hydroxylation is 1. The van der Waals surface area contributed by atoms with Crippen molar-refractivity contribution in [2.45, 2.75) is 45.1 Å². The Labute approximate surface area is 135 Å². The molecule has 2 aromatic rings. The van der Waals surface area contributed by atoms with E-state index in [2.05, 4.69) is 10.4 Å². The first-order valence-electron chi connectivity index (χ1n) is 8.13. The van der Waals surface area contributed by atoms with Crippen LogP contribution in [0, 0.1) is 5.92 Å². The van der Waals surface area contributed by atoms with Gasteiger partial charge in [-0.25, -0.2) is 0 Å². The zero-order chi connectivity index (χ0) is 15.4. The standard InChI is InChI=1S/C17H22ClN3O/c18-15-8-4-9-16-14(15)12-20-21(16)11-5-10-19-17(22)13-6-2-1-3-7-13/h4,8-9,12-13H,1-3,5-7,10-11H2,(H,19,22). The van der Waals surface area contributed by atoms with Gasteiger partial charge in [-0.15, -0.1) is 0 Å². The van der Waals surface area contributed by atoms with Crippen LogP contribution in [-0.2, 0) is 11.3 Å². The Kier molecular flexibility index (Phi) is 4.98. The third-order valence-electron chi connectivity index (χ3n) is 4.46. The van der Waals surface area contributed by atoms with Crippen molar-refractivity contribution in [3.63, 3.8) is 0 Å². The van der Waals surface area contributed by atoms with Crippen LogP contribution in [-0.4, -0.2) is 22.2 Å². The van der Waals surface area contributed by atoms with E-state index in [1.807, 2.05) is 22.9 Å². The van der Waals surface area contributed by atoms with Crippen LogP contribution in [0.15, 0.2) is 24.4 Å². The Morgan fingerprint density at radius 2 is 2.14 bits per heavy atom. The van der Waals surface area contributed by atoms with Gasteiger partial charge in [-0.05, 0) is 31.4 Å². The molecule has 1 aliphatic carbocycles. The first kappa shape index (κ1) is 15.3.